The Morgan fingerprint density at radius 2 is 2.25 bits per heavy atom. The Bertz CT molecular complexity index is 472. The highest BCUT2D eigenvalue weighted by molar-refractivity contribution is 5.92. The van der Waals surface area contributed by atoms with Crippen LogP contribution in [-0.4, -0.2) is 36.9 Å². The lowest BCUT2D eigenvalue weighted by atomic mass is 9.90. The molecule has 1 aliphatic rings. The van der Waals surface area contributed by atoms with Crippen molar-refractivity contribution in [2.24, 2.45) is 0 Å². The van der Waals surface area contributed by atoms with Gasteiger partial charge in [-0.3, -0.25) is 0 Å². The van der Waals surface area contributed by atoms with Crippen molar-refractivity contribution in [2.75, 3.05) is 30.4 Å². The van der Waals surface area contributed by atoms with Crippen molar-refractivity contribution in [3.8, 4) is 0 Å². The summed E-state index contributed by atoms with van der Waals surface area (Å²) in [5, 5.41) is 9.25. The highest BCUT2D eigenvalue weighted by atomic mass is 16.5. The van der Waals surface area contributed by atoms with Crippen LogP contribution in [0.25, 0.3) is 0 Å². The maximum absolute atomic E-state index is 11.8. The van der Waals surface area contributed by atoms with Gasteiger partial charge in [0.2, 0.25) is 0 Å². The zero-order valence-electron chi connectivity index (χ0n) is 11.8. The first-order chi connectivity index (χ1) is 9.67. The highest BCUT2D eigenvalue weighted by Crippen LogP contribution is 2.33. The van der Waals surface area contributed by atoms with Crippen molar-refractivity contribution < 1.29 is 14.6 Å². The van der Waals surface area contributed by atoms with Gasteiger partial charge in [0.05, 0.1) is 30.2 Å². The lowest BCUT2D eigenvalue weighted by molar-refractivity contribution is 0.0526. The monoisotopic (exact) mass is 278 g/mol. The molecule has 0 saturated heterocycles. The number of carbonyl (C=O) groups is 1. The number of nitrogens with zero attached hydrogens (tertiary/aromatic N) is 1. The van der Waals surface area contributed by atoms with Crippen LogP contribution < -0.4 is 10.6 Å². The molecule has 1 aromatic rings. The first-order valence-corrected chi connectivity index (χ1v) is 7.11. The van der Waals surface area contributed by atoms with Gasteiger partial charge in [0.25, 0.3) is 0 Å². The summed E-state index contributed by atoms with van der Waals surface area (Å²) in [4.78, 5) is 13.9. The minimum Gasteiger partial charge on any atom is -0.462 e. The molecular formula is C15H22N2O3. The molecule has 0 radical (unpaired) electrons. The van der Waals surface area contributed by atoms with Gasteiger partial charge in [-0.05, 0) is 44.4 Å². The largest absolute Gasteiger partial charge is 0.462 e. The second-order valence-corrected chi connectivity index (χ2v) is 5.00. The van der Waals surface area contributed by atoms with E-state index in [0.717, 1.165) is 18.5 Å². The predicted molar refractivity (Wildman–Crippen MR) is 78.9 cm³/mol. The molecule has 0 amide bonds. The summed E-state index contributed by atoms with van der Waals surface area (Å²) in [5.41, 5.74) is 7.97. The Morgan fingerprint density at radius 1 is 1.50 bits per heavy atom. The summed E-state index contributed by atoms with van der Waals surface area (Å²) >= 11 is 0. The van der Waals surface area contributed by atoms with Crippen LogP contribution in [0.5, 0.6) is 0 Å². The van der Waals surface area contributed by atoms with Crippen LogP contribution in [-0.2, 0) is 4.74 Å². The van der Waals surface area contributed by atoms with Gasteiger partial charge in [0.15, 0.2) is 0 Å². The number of carbonyl (C=O) groups excluding carboxylic acids is 1. The fraction of sp³-hybridized carbons (Fsp3) is 0.533. The second kappa shape index (κ2) is 6.61. The molecule has 1 aromatic carbocycles. The Morgan fingerprint density at radius 3 is 2.80 bits per heavy atom. The zero-order valence-corrected chi connectivity index (χ0v) is 11.8. The number of hydrogen-bond donors (Lipinski definition) is 2. The molecule has 0 aliphatic heterocycles. The third-order valence-electron chi connectivity index (χ3n) is 3.71. The molecule has 0 spiro atoms. The first kappa shape index (κ1) is 14.7. The summed E-state index contributed by atoms with van der Waals surface area (Å²) in [7, 11) is 0. The van der Waals surface area contributed by atoms with Gasteiger partial charge >= 0.3 is 5.97 Å². The van der Waals surface area contributed by atoms with Crippen LogP contribution in [0.4, 0.5) is 11.4 Å². The van der Waals surface area contributed by atoms with Gasteiger partial charge in [0.1, 0.15) is 0 Å². The van der Waals surface area contributed by atoms with Crippen molar-refractivity contribution in [1.82, 2.24) is 0 Å². The normalized spacial score (nSPS) is 14.7. The molecule has 0 atom stereocenters. The average molecular weight is 278 g/mol. The van der Waals surface area contributed by atoms with Crippen molar-refractivity contribution in [3.63, 3.8) is 0 Å². The van der Waals surface area contributed by atoms with Crippen LogP contribution in [0.15, 0.2) is 18.2 Å². The fourth-order valence-corrected chi connectivity index (χ4v) is 2.44. The molecule has 0 aromatic heterocycles. The number of aliphatic hydroxyl groups is 1. The Labute approximate surface area is 119 Å². The third-order valence-corrected chi connectivity index (χ3v) is 3.71. The molecule has 1 fully saturated rings. The molecular weight excluding hydrogens is 256 g/mol. The number of esters is 1. The standard InChI is InChI=1S/C15H22N2O3/c1-2-20-15(19)11-6-7-13(16)14(10-11)17(8-9-18)12-4-3-5-12/h6-7,10,12,18H,2-5,8-9,16H2,1H3. The Kier molecular flexibility index (Phi) is 4.84. The molecule has 1 aliphatic carbocycles. The lowest BCUT2D eigenvalue weighted by Crippen LogP contribution is -2.42. The molecule has 0 unspecified atom stereocenters. The molecule has 1 saturated carbocycles. The number of benzene rings is 1. The summed E-state index contributed by atoms with van der Waals surface area (Å²) in [6.45, 7) is 2.73. The van der Waals surface area contributed by atoms with Gasteiger partial charge in [-0.1, -0.05) is 0 Å². The van der Waals surface area contributed by atoms with Crippen molar-refractivity contribution in [3.05, 3.63) is 23.8 Å². The molecule has 20 heavy (non-hydrogen) atoms. The minimum atomic E-state index is -0.341. The van der Waals surface area contributed by atoms with E-state index in [0.29, 0.717) is 30.4 Å². The summed E-state index contributed by atoms with van der Waals surface area (Å²) in [6.07, 6.45) is 3.40. The quantitative estimate of drug-likeness (QED) is 0.613. The van der Waals surface area contributed by atoms with E-state index in [2.05, 4.69) is 4.90 Å². The van der Waals surface area contributed by atoms with Gasteiger partial charge in [-0.15, -0.1) is 0 Å². The Balaban J connectivity index is 2.27. The predicted octanol–water partition coefficient (Wildman–Crippen LogP) is 1.80. The van der Waals surface area contributed by atoms with Crippen LogP contribution in [0.3, 0.4) is 0 Å². The maximum atomic E-state index is 11.8. The number of nitrogen functional groups attached to an aromatic ring is 1. The molecule has 0 heterocycles. The number of ether oxygens (including phenoxy) is 1. The smallest absolute Gasteiger partial charge is 0.338 e. The van der Waals surface area contributed by atoms with Crippen LogP contribution in [0.2, 0.25) is 0 Å². The van der Waals surface area contributed by atoms with E-state index in [4.69, 9.17) is 10.5 Å². The van der Waals surface area contributed by atoms with Crippen molar-refractivity contribution >= 4 is 17.3 Å². The molecule has 2 rings (SSSR count). The number of anilines is 2. The van der Waals surface area contributed by atoms with E-state index < -0.39 is 0 Å². The molecule has 110 valence electrons. The van der Waals surface area contributed by atoms with Crippen molar-refractivity contribution in [2.45, 2.75) is 32.2 Å². The molecule has 5 heteroatoms. The number of aliphatic hydroxyl groups excluding tert-OH is 1. The fourth-order valence-electron chi connectivity index (χ4n) is 2.44. The topological polar surface area (TPSA) is 75.8 Å². The van der Waals surface area contributed by atoms with Crippen LogP contribution >= 0.6 is 0 Å². The van der Waals surface area contributed by atoms with E-state index in [9.17, 15) is 9.90 Å². The number of hydrogen-bond acceptors (Lipinski definition) is 5. The van der Waals surface area contributed by atoms with E-state index in [-0.39, 0.29) is 12.6 Å². The van der Waals surface area contributed by atoms with Crippen LogP contribution in [0.1, 0.15) is 36.5 Å². The van der Waals surface area contributed by atoms with E-state index in [1.54, 1.807) is 25.1 Å². The maximum Gasteiger partial charge on any atom is 0.338 e. The number of nitrogens with two attached hydrogens (primary N) is 1. The van der Waals surface area contributed by atoms with Crippen molar-refractivity contribution in [1.29, 1.82) is 0 Å². The summed E-state index contributed by atoms with van der Waals surface area (Å²) in [6, 6.07) is 5.57. The van der Waals surface area contributed by atoms with Gasteiger partial charge < -0.3 is 20.5 Å². The van der Waals surface area contributed by atoms with Gasteiger partial charge in [0, 0.05) is 12.6 Å². The first-order valence-electron chi connectivity index (χ1n) is 7.11. The van der Waals surface area contributed by atoms with Gasteiger partial charge in [-0.25, -0.2) is 4.79 Å². The average Bonchev–Trinajstić information content (AvgIpc) is 2.37. The van der Waals surface area contributed by atoms with E-state index in [1.165, 1.54) is 6.42 Å². The number of rotatable bonds is 6. The third kappa shape index (κ3) is 3.04. The van der Waals surface area contributed by atoms with E-state index in [1.807, 2.05) is 0 Å². The second-order valence-electron chi connectivity index (χ2n) is 5.00. The lowest BCUT2D eigenvalue weighted by Gasteiger charge is -2.39. The Hall–Kier alpha value is -1.75. The van der Waals surface area contributed by atoms with Crippen LogP contribution in [0, 0.1) is 0 Å². The SMILES string of the molecule is CCOC(=O)c1ccc(N)c(N(CCO)C2CCC2)c1. The molecule has 5 nitrogen and oxygen atoms in total. The zero-order chi connectivity index (χ0) is 14.5. The summed E-state index contributed by atoms with van der Waals surface area (Å²) < 4.78 is 5.02. The highest BCUT2D eigenvalue weighted by Gasteiger charge is 2.26. The van der Waals surface area contributed by atoms with E-state index >= 15 is 0 Å². The van der Waals surface area contributed by atoms with Gasteiger partial charge in [-0.2, -0.15) is 0 Å². The molecule has 3 N–H and O–H groups in total. The minimum absolute atomic E-state index is 0.0690. The molecule has 0 bridgehead atoms. The summed E-state index contributed by atoms with van der Waals surface area (Å²) in [5.74, 6) is -0.341.